The van der Waals surface area contributed by atoms with Gasteiger partial charge in [-0.1, -0.05) is 0 Å². The maximum Gasteiger partial charge on any atom is 0.252 e. The number of primary amides is 1. The second kappa shape index (κ2) is 4.37. The summed E-state index contributed by atoms with van der Waals surface area (Å²) < 4.78 is 5.11. The Hall–Kier alpha value is -1.16. The van der Waals surface area contributed by atoms with E-state index in [1.54, 1.807) is 13.2 Å². The van der Waals surface area contributed by atoms with Gasteiger partial charge in [-0.2, -0.15) is 0 Å². The molecule has 0 fully saturated rings. The predicted molar refractivity (Wildman–Crippen MR) is 60.6 cm³/mol. The third-order valence-corrected chi connectivity index (χ3v) is 3.28. The van der Waals surface area contributed by atoms with Crippen molar-refractivity contribution in [1.29, 1.82) is 0 Å². The average Bonchev–Trinajstić information content (AvgIpc) is 2.16. The molecule has 0 saturated heterocycles. The molecule has 0 aliphatic rings. The highest BCUT2D eigenvalue weighted by molar-refractivity contribution is 8.15. The molecule has 0 atom stereocenters. The number of rotatable bonds is 3. The van der Waals surface area contributed by atoms with Crippen molar-refractivity contribution in [3.05, 3.63) is 23.8 Å². The van der Waals surface area contributed by atoms with Crippen LogP contribution in [0, 0.1) is 0 Å². The minimum absolute atomic E-state index is 0.181. The summed E-state index contributed by atoms with van der Waals surface area (Å²) >= 11 is 0. The van der Waals surface area contributed by atoms with E-state index in [-0.39, 0.29) is 10.9 Å². The molecule has 1 aromatic carbocycles. The van der Waals surface area contributed by atoms with Gasteiger partial charge in [-0.15, -0.1) is 0 Å². The Labute approximate surface area is 86.6 Å². The van der Waals surface area contributed by atoms with Gasteiger partial charge in [-0.3, -0.25) is 4.79 Å². The Bertz CT molecular complexity index is 350. The molecule has 0 aromatic heterocycles. The number of methoxy groups -OCH3 is 1. The molecule has 0 saturated carbocycles. The highest BCUT2D eigenvalue weighted by Gasteiger charge is 2.09. The van der Waals surface area contributed by atoms with Gasteiger partial charge in [0, 0.05) is 0 Å². The molecule has 14 heavy (non-hydrogen) atoms. The number of ether oxygens (including phenoxy) is 1. The van der Waals surface area contributed by atoms with Crippen molar-refractivity contribution in [2.24, 2.45) is 5.73 Å². The molecule has 0 aliphatic heterocycles. The Morgan fingerprint density at radius 2 is 2.07 bits per heavy atom. The van der Waals surface area contributed by atoms with Crippen LogP contribution in [0.25, 0.3) is 0 Å². The summed E-state index contributed by atoms with van der Waals surface area (Å²) in [6.07, 6.45) is 4.29. The van der Waals surface area contributed by atoms with Crippen LogP contribution in [0.2, 0.25) is 0 Å². The van der Waals surface area contributed by atoms with E-state index in [1.807, 2.05) is 12.1 Å². The molecule has 3 nitrogen and oxygen atoms in total. The normalized spacial score (nSPS) is 10.9. The van der Waals surface area contributed by atoms with Crippen LogP contribution in [0.15, 0.2) is 23.1 Å². The number of carbonyl (C=O) groups is 1. The zero-order valence-electron chi connectivity index (χ0n) is 8.57. The van der Waals surface area contributed by atoms with Crippen molar-refractivity contribution in [2.75, 3.05) is 19.6 Å². The van der Waals surface area contributed by atoms with Gasteiger partial charge in [0.2, 0.25) is 0 Å². The van der Waals surface area contributed by atoms with Crippen molar-refractivity contribution in [3.8, 4) is 5.75 Å². The molecule has 0 spiro atoms. The summed E-state index contributed by atoms with van der Waals surface area (Å²) in [5.74, 6) is 0.108. The fourth-order valence-electron chi connectivity index (χ4n) is 1.16. The van der Waals surface area contributed by atoms with Crippen LogP contribution >= 0.6 is 10.9 Å². The van der Waals surface area contributed by atoms with E-state index in [2.05, 4.69) is 12.5 Å². The lowest BCUT2D eigenvalue weighted by atomic mass is 10.2. The van der Waals surface area contributed by atoms with E-state index >= 15 is 0 Å². The summed E-state index contributed by atoms with van der Waals surface area (Å²) in [4.78, 5) is 12.2. The van der Waals surface area contributed by atoms with E-state index in [0.717, 1.165) is 0 Å². The van der Waals surface area contributed by atoms with E-state index in [4.69, 9.17) is 10.5 Å². The Morgan fingerprint density at radius 1 is 1.43 bits per heavy atom. The Balaban J connectivity index is 3.18. The zero-order valence-corrected chi connectivity index (χ0v) is 9.47. The summed E-state index contributed by atoms with van der Waals surface area (Å²) in [5.41, 5.74) is 5.64. The molecule has 0 heterocycles. The van der Waals surface area contributed by atoms with Crippen molar-refractivity contribution in [1.82, 2.24) is 0 Å². The van der Waals surface area contributed by atoms with Crippen molar-refractivity contribution < 1.29 is 9.53 Å². The molecule has 2 N–H and O–H groups in total. The number of hydrogen-bond acceptors (Lipinski definition) is 2. The van der Waals surface area contributed by atoms with Gasteiger partial charge < -0.3 is 10.5 Å². The molecule has 0 unspecified atom stereocenters. The summed E-state index contributed by atoms with van der Waals surface area (Å²) in [6, 6.07) is 5.53. The van der Waals surface area contributed by atoms with Crippen LogP contribution in [0.3, 0.4) is 0 Å². The first-order chi connectivity index (χ1) is 6.56. The lowest BCUT2D eigenvalue weighted by Gasteiger charge is -2.12. The number of nitrogens with two attached hydrogens (primary N) is 1. The fraction of sp³-hybridized carbons (Fsp3) is 0.300. The Morgan fingerprint density at radius 3 is 2.50 bits per heavy atom. The number of benzene rings is 1. The fourth-order valence-corrected chi connectivity index (χ4v) is 1.91. The van der Waals surface area contributed by atoms with Crippen LogP contribution in [-0.4, -0.2) is 25.5 Å². The molecule has 4 heteroatoms. The van der Waals surface area contributed by atoms with Gasteiger partial charge in [-0.05, 0) is 35.6 Å². The van der Waals surface area contributed by atoms with Crippen LogP contribution in [0.4, 0.5) is 0 Å². The first-order valence-corrected chi connectivity index (χ1v) is 6.45. The SMILES string of the molecule is COc1cc([SH](C)C)ccc1C(N)=O. The monoisotopic (exact) mass is 213 g/mol. The van der Waals surface area contributed by atoms with Gasteiger partial charge in [0.05, 0.1) is 12.7 Å². The molecule has 0 radical (unpaired) electrons. The summed E-state index contributed by atoms with van der Waals surface area (Å²) in [7, 11) is 1.36. The second-order valence-electron chi connectivity index (χ2n) is 3.14. The topological polar surface area (TPSA) is 52.3 Å². The van der Waals surface area contributed by atoms with Crippen LogP contribution in [0.1, 0.15) is 10.4 Å². The molecular formula is C10H15NO2S. The van der Waals surface area contributed by atoms with E-state index in [0.29, 0.717) is 11.3 Å². The minimum atomic E-state index is -0.454. The van der Waals surface area contributed by atoms with E-state index in [9.17, 15) is 4.79 Å². The summed E-state index contributed by atoms with van der Waals surface area (Å²) in [6.45, 7) is 0. The van der Waals surface area contributed by atoms with Crippen molar-refractivity contribution in [2.45, 2.75) is 4.90 Å². The average molecular weight is 213 g/mol. The van der Waals surface area contributed by atoms with Crippen LogP contribution in [0.5, 0.6) is 5.75 Å². The second-order valence-corrected chi connectivity index (χ2v) is 5.45. The number of thiol groups is 1. The van der Waals surface area contributed by atoms with E-state index in [1.165, 1.54) is 4.90 Å². The van der Waals surface area contributed by atoms with Gasteiger partial charge in [-0.25, -0.2) is 10.9 Å². The molecule has 1 amide bonds. The third kappa shape index (κ3) is 2.20. The maximum atomic E-state index is 11.0. The molecule has 0 bridgehead atoms. The quantitative estimate of drug-likeness (QED) is 0.746. The Kier molecular flexibility index (Phi) is 3.41. The predicted octanol–water partition coefficient (Wildman–Crippen LogP) is 1.41. The molecular weight excluding hydrogens is 198 g/mol. The molecule has 0 aliphatic carbocycles. The number of carbonyl (C=O) groups excluding carboxylic acids is 1. The molecule has 1 rings (SSSR count). The lowest BCUT2D eigenvalue weighted by molar-refractivity contribution is 0.0997. The van der Waals surface area contributed by atoms with Gasteiger partial charge in [0.15, 0.2) is 0 Å². The first kappa shape index (κ1) is 10.9. The standard InChI is InChI=1S/C10H15NO2S/c1-13-9-6-7(14(2)3)4-5-8(9)10(11)12/h4-6,14H,1-3H3,(H2,11,12). The highest BCUT2D eigenvalue weighted by Crippen LogP contribution is 2.32. The van der Waals surface area contributed by atoms with Gasteiger partial charge in [0.25, 0.3) is 5.91 Å². The van der Waals surface area contributed by atoms with Crippen LogP contribution in [-0.2, 0) is 0 Å². The van der Waals surface area contributed by atoms with Crippen LogP contribution < -0.4 is 10.5 Å². The highest BCUT2D eigenvalue weighted by atomic mass is 32.2. The lowest BCUT2D eigenvalue weighted by Crippen LogP contribution is -2.12. The van der Waals surface area contributed by atoms with Crippen molar-refractivity contribution >= 4 is 16.8 Å². The summed E-state index contributed by atoms with van der Waals surface area (Å²) in [5, 5.41) is 0. The molecule has 1 aromatic rings. The third-order valence-electron chi connectivity index (χ3n) is 1.97. The number of amides is 1. The molecule has 78 valence electrons. The largest absolute Gasteiger partial charge is 0.496 e. The first-order valence-electron chi connectivity index (χ1n) is 4.21. The van der Waals surface area contributed by atoms with Gasteiger partial charge in [0.1, 0.15) is 5.75 Å². The maximum absolute atomic E-state index is 11.0. The number of hydrogen-bond donors (Lipinski definition) is 2. The van der Waals surface area contributed by atoms with E-state index < -0.39 is 5.91 Å². The van der Waals surface area contributed by atoms with Crippen molar-refractivity contribution in [3.63, 3.8) is 0 Å². The minimum Gasteiger partial charge on any atom is -0.496 e. The smallest absolute Gasteiger partial charge is 0.252 e. The van der Waals surface area contributed by atoms with Gasteiger partial charge >= 0.3 is 0 Å². The zero-order chi connectivity index (χ0) is 10.7.